The summed E-state index contributed by atoms with van der Waals surface area (Å²) in [4.78, 5) is 8.72. The Labute approximate surface area is 149 Å². The number of nitrogens with one attached hydrogen (secondary N) is 2. The van der Waals surface area contributed by atoms with Gasteiger partial charge in [0.2, 0.25) is 5.95 Å². The zero-order valence-corrected chi connectivity index (χ0v) is 14.7. The summed E-state index contributed by atoms with van der Waals surface area (Å²) in [6.45, 7) is 0.678. The number of nitrogens with zero attached hydrogens (tertiary/aromatic N) is 2. The van der Waals surface area contributed by atoms with E-state index in [1.807, 2.05) is 54.6 Å². The van der Waals surface area contributed by atoms with Gasteiger partial charge in [0, 0.05) is 22.9 Å². The Balaban J connectivity index is 1.64. The van der Waals surface area contributed by atoms with Gasteiger partial charge < -0.3 is 15.4 Å². The number of benzene rings is 2. The van der Waals surface area contributed by atoms with Gasteiger partial charge in [-0.3, -0.25) is 0 Å². The molecule has 3 aromatic rings. The minimum atomic E-state index is 0.549. The molecule has 0 saturated carbocycles. The Bertz CT molecular complexity index is 808. The van der Waals surface area contributed by atoms with Gasteiger partial charge in [-0.25, -0.2) is 4.98 Å². The molecule has 0 aliphatic heterocycles. The molecule has 0 unspecified atom stereocenters. The maximum Gasteiger partial charge on any atom is 0.229 e. The van der Waals surface area contributed by atoms with Crippen molar-refractivity contribution in [2.45, 2.75) is 6.54 Å². The van der Waals surface area contributed by atoms with Gasteiger partial charge in [-0.15, -0.1) is 0 Å². The van der Waals surface area contributed by atoms with Crippen molar-refractivity contribution in [2.75, 3.05) is 17.7 Å². The maximum atomic E-state index is 5.16. The predicted molar refractivity (Wildman–Crippen MR) is 99.8 cm³/mol. The highest BCUT2D eigenvalue weighted by atomic mass is 79.9. The lowest BCUT2D eigenvalue weighted by molar-refractivity contribution is 0.414. The third kappa shape index (κ3) is 4.45. The van der Waals surface area contributed by atoms with Crippen LogP contribution in [0.3, 0.4) is 0 Å². The van der Waals surface area contributed by atoms with Crippen molar-refractivity contribution in [3.05, 3.63) is 70.8 Å². The summed E-state index contributed by atoms with van der Waals surface area (Å²) in [5, 5.41) is 6.48. The van der Waals surface area contributed by atoms with Gasteiger partial charge in [-0.2, -0.15) is 4.98 Å². The molecule has 1 aromatic heterocycles. The number of anilines is 3. The summed E-state index contributed by atoms with van der Waals surface area (Å²) in [6, 6.07) is 17.6. The van der Waals surface area contributed by atoms with Crippen LogP contribution in [0.4, 0.5) is 17.5 Å². The highest BCUT2D eigenvalue weighted by Crippen LogP contribution is 2.19. The summed E-state index contributed by atoms with van der Waals surface area (Å²) in [7, 11) is 1.66. The van der Waals surface area contributed by atoms with E-state index in [-0.39, 0.29) is 0 Å². The van der Waals surface area contributed by atoms with Crippen LogP contribution in [0.1, 0.15) is 5.56 Å². The minimum absolute atomic E-state index is 0.549. The van der Waals surface area contributed by atoms with Gasteiger partial charge in [-0.05, 0) is 42.0 Å². The average Bonchev–Trinajstić information content (AvgIpc) is 2.61. The van der Waals surface area contributed by atoms with E-state index in [4.69, 9.17) is 4.74 Å². The second kappa shape index (κ2) is 7.79. The summed E-state index contributed by atoms with van der Waals surface area (Å²) < 4.78 is 6.16. The van der Waals surface area contributed by atoms with Crippen LogP contribution in [0.5, 0.6) is 5.75 Å². The predicted octanol–water partition coefficient (Wildman–Crippen LogP) is 4.60. The Morgan fingerprint density at radius 1 is 1.08 bits per heavy atom. The minimum Gasteiger partial charge on any atom is -0.497 e. The molecule has 0 bridgehead atoms. The lowest BCUT2D eigenvalue weighted by atomic mass is 10.2. The normalized spacial score (nSPS) is 10.2. The van der Waals surface area contributed by atoms with E-state index in [1.54, 1.807) is 13.3 Å². The fraction of sp³-hybridized carbons (Fsp3) is 0.111. The topological polar surface area (TPSA) is 59.1 Å². The van der Waals surface area contributed by atoms with Crippen LogP contribution < -0.4 is 15.4 Å². The molecule has 3 rings (SSSR count). The number of aromatic nitrogens is 2. The van der Waals surface area contributed by atoms with Crippen molar-refractivity contribution in [1.82, 2.24) is 9.97 Å². The van der Waals surface area contributed by atoms with Crippen molar-refractivity contribution in [3.63, 3.8) is 0 Å². The number of hydrogen-bond donors (Lipinski definition) is 2. The van der Waals surface area contributed by atoms with E-state index >= 15 is 0 Å². The standard InChI is InChI=1S/C18H17BrN4O/c1-24-16-7-5-13(6-8-16)12-21-17-9-10-20-18(23-17)22-15-4-2-3-14(19)11-15/h2-11H,12H2,1H3,(H2,20,21,22,23). The number of methoxy groups -OCH3 is 1. The third-order valence-electron chi connectivity index (χ3n) is 3.37. The molecule has 24 heavy (non-hydrogen) atoms. The summed E-state index contributed by atoms with van der Waals surface area (Å²) >= 11 is 3.45. The van der Waals surface area contributed by atoms with E-state index < -0.39 is 0 Å². The van der Waals surface area contributed by atoms with Gasteiger partial charge >= 0.3 is 0 Å². The molecule has 5 nitrogen and oxygen atoms in total. The molecule has 0 aliphatic carbocycles. The van der Waals surface area contributed by atoms with E-state index in [9.17, 15) is 0 Å². The van der Waals surface area contributed by atoms with Crippen molar-refractivity contribution in [3.8, 4) is 5.75 Å². The highest BCUT2D eigenvalue weighted by Gasteiger charge is 2.01. The molecule has 6 heteroatoms. The zero-order chi connectivity index (χ0) is 16.8. The first kappa shape index (κ1) is 16.3. The molecular weight excluding hydrogens is 368 g/mol. The fourth-order valence-corrected chi connectivity index (χ4v) is 2.55. The molecule has 0 radical (unpaired) electrons. The lowest BCUT2D eigenvalue weighted by Gasteiger charge is -2.09. The van der Waals surface area contributed by atoms with Crippen LogP contribution in [0, 0.1) is 0 Å². The van der Waals surface area contributed by atoms with E-state index in [0.717, 1.165) is 27.3 Å². The molecule has 2 aromatic carbocycles. The van der Waals surface area contributed by atoms with Crippen LogP contribution >= 0.6 is 15.9 Å². The third-order valence-corrected chi connectivity index (χ3v) is 3.86. The lowest BCUT2D eigenvalue weighted by Crippen LogP contribution is -2.04. The van der Waals surface area contributed by atoms with Crippen molar-refractivity contribution in [1.29, 1.82) is 0 Å². The Morgan fingerprint density at radius 2 is 1.92 bits per heavy atom. The Morgan fingerprint density at radius 3 is 2.67 bits per heavy atom. The fourth-order valence-electron chi connectivity index (χ4n) is 2.15. The Kier molecular flexibility index (Phi) is 5.28. The number of halogens is 1. The number of ether oxygens (including phenoxy) is 1. The molecule has 0 fully saturated rings. The maximum absolute atomic E-state index is 5.16. The quantitative estimate of drug-likeness (QED) is 0.649. The van der Waals surface area contributed by atoms with Gasteiger partial charge in [0.15, 0.2) is 0 Å². The van der Waals surface area contributed by atoms with Gasteiger partial charge in [0.25, 0.3) is 0 Å². The summed E-state index contributed by atoms with van der Waals surface area (Å²) in [5.74, 6) is 2.16. The molecule has 1 heterocycles. The van der Waals surface area contributed by atoms with Gasteiger partial charge in [0.1, 0.15) is 11.6 Å². The summed E-state index contributed by atoms with van der Waals surface area (Å²) in [5.41, 5.74) is 2.08. The first-order valence-electron chi connectivity index (χ1n) is 7.45. The first-order valence-corrected chi connectivity index (χ1v) is 8.25. The molecule has 0 aliphatic rings. The molecule has 2 N–H and O–H groups in total. The first-order chi connectivity index (χ1) is 11.7. The second-order valence-corrected chi connectivity index (χ2v) is 6.02. The number of hydrogen-bond acceptors (Lipinski definition) is 5. The van der Waals surface area contributed by atoms with Gasteiger partial charge in [-0.1, -0.05) is 34.1 Å². The van der Waals surface area contributed by atoms with Crippen LogP contribution in [-0.2, 0) is 6.54 Å². The van der Waals surface area contributed by atoms with Crippen LogP contribution in [0.25, 0.3) is 0 Å². The molecular formula is C18H17BrN4O. The van der Waals surface area contributed by atoms with Crippen LogP contribution in [0.2, 0.25) is 0 Å². The second-order valence-electron chi connectivity index (χ2n) is 5.10. The SMILES string of the molecule is COc1ccc(CNc2ccnc(Nc3cccc(Br)c3)n2)cc1. The monoisotopic (exact) mass is 384 g/mol. The Hall–Kier alpha value is -2.60. The van der Waals surface area contributed by atoms with E-state index in [2.05, 4.69) is 36.5 Å². The van der Waals surface area contributed by atoms with Crippen molar-refractivity contribution >= 4 is 33.4 Å². The number of rotatable bonds is 6. The molecule has 0 atom stereocenters. The average molecular weight is 385 g/mol. The van der Waals surface area contributed by atoms with E-state index in [0.29, 0.717) is 12.5 Å². The summed E-state index contributed by atoms with van der Waals surface area (Å²) in [6.07, 6.45) is 1.73. The van der Waals surface area contributed by atoms with Crippen LogP contribution in [0.15, 0.2) is 65.3 Å². The molecule has 0 saturated heterocycles. The van der Waals surface area contributed by atoms with Crippen LogP contribution in [-0.4, -0.2) is 17.1 Å². The zero-order valence-electron chi connectivity index (χ0n) is 13.2. The smallest absolute Gasteiger partial charge is 0.229 e. The highest BCUT2D eigenvalue weighted by molar-refractivity contribution is 9.10. The molecule has 0 spiro atoms. The molecule has 0 amide bonds. The van der Waals surface area contributed by atoms with Gasteiger partial charge in [0.05, 0.1) is 7.11 Å². The van der Waals surface area contributed by atoms with Crippen molar-refractivity contribution < 1.29 is 4.74 Å². The molecule has 122 valence electrons. The largest absolute Gasteiger partial charge is 0.497 e. The van der Waals surface area contributed by atoms with Crippen molar-refractivity contribution in [2.24, 2.45) is 0 Å². The van der Waals surface area contributed by atoms with E-state index in [1.165, 1.54) is 0 Å².